The molecule has 0 spiro atoms. The van der Waals surface area contributed by atoms with E-state index in [9.17, 15) is 0 Å². The minimum Gasteiger partial charge on any atom is -0.376 e. The highest BCUT2D eigenvalue weighted by Crippen LogP contribution is 2.31. The van der Waals surface area contributed by atoms with Crippen LogP contribution in [-0.4, -0.2) is 97.5 Å². The van der Waals surface area contributed by atoms with E-state index in [4.69, 9.17) is 9.47 Å². The molecule has 2 aliphatic rings. The summed E-state index contributed by atoms with van der Waals surface area (Å²) in [6, 6.07) is 0.679. The molecule has 0 N–H and O–H groups in total. The Balaban J connectivity index is 1.57. The van der Waals surface area contributed by atoms with Crippen molar-refractivity contribution in [3.63, 3.8) is 0 Å². The first kappa shape index (κ1) is 39.0. The van der Waals surface area contributed by atoms with Crippen LogP contribution in [-0.2, 0) is 9.47 Å². The lowest BCUT2D eigenvalue weighted by atomic mass is 9.79. The zero-order valence-electron chi connectivity index (χ0n) is 31.5. The molecule has 0 bridgehead atoms. The van der Waals surface area contributed by atoms with E-state index < -0.39 is 0 Å². The van der Waals surface area contributed by atoms with E-state index in [0.717, 1.165) is 38.3 Å². The highest BCUT2D eigenvalue weighted by Gasteiger charge is 2.31. The number of likely N-dealkylation sites (tertiary alicyclic amines) is 1. The second-order valence-corrected chi connectivity index (χ2v) is 17.7. The minimum atomic E-state index is 0.334. The van der Waals surface area contributed by atoms with Gasteiger partial charge in [-0.25, -0.2) is 0 Å². The van der Waals surface area contributed by atoms with Crippen LogP contribution in [0.15, 0.2) is 0 Å². The van der Waals surface area contributed by atoms with Crippen LogP contribution in [0.2, 0.25) is 0 Å². The zero-order chi connectivity index (χ0) is 32.5. The quantitative estimate of drug-likeness (QED) is 0.156. The van der Waals surface area contributed by atoms with Crippen LogP contribution in [0, 0.1) is 34.5 Å². The minimum absolute atomic E-state index is 0.334. The van der Waals surface area contributed by atoms with Crippen LogP contribution in [0.5, 0.6) is 0 Å². The first-order valence-corrected chi connectivity index (χ1v) is 18.3. The third-order valence-corrected chi connectivity index (χ3v) is 11.2. The Bertz CT molecular complexity index is 747. The standard InChI is InChI=1S/C38H77N3O2/c1-28(15-16-40-26-36(27-40)43-35(8)24-31(4)38(12,13)14)21-32(5)41-19-17-39(18-20-41)25-29(2)22-33(6)42-34(7)23-30(3)37(9,10)11/h28-36H,15-27H2,1-14H3. The summed E-state index contributed by atoms with van der Waals surface area (Å²) in [5, 5.41) is 0. The summed E-state index contributed by atoms with van der Waals surface area (Å²) < 4.78 is 12.8. The van der Waals surface area contributed by atoms with E-state index in [2.05, 4.69) is 112 Å². The second-order valence-electron chi connectivity index (χ2n) is 17.7. The summed E-state index contributed by atoms with van der Waals surface area (Å²) in [6.45, 7) is 42.4. The van der Waals surface area contributed by atoms with Crippen LogP contribution in [0.25, 0.3) is 0 Å². The summed E-state index contributed by atoms with van der Waals surface area (Å²) >= 11 is 0. The number of nitrogens with zero attached hydrogens (tertiary/aromatic N) is 3. The summed E-state index contributed by atoms with van der Waals surface area (Å²) in [4.78, 5) is 8.04. The van der Waals surface area contributed by atoms with Crippen LogP contribution < -0.4 is 0 Å². The summed E-state index contributed by atoms with van der Waals surface area (Å²) in [6.07, 6.45) is 7.55. The molecule has 0 radical (unpaired) electrons. The lowest BCUT2D eigenvalue weighted by Crippen LogP contribution is -2.53. The molecule has 5 nitrogen and oxygen atoms in total. The first-order valence-electron chi connectivity index (χ1n) is 18.3. The van der Waals surface area contributed by atoms with Gasteiger partial charge >= 0.3 is 0 Å². The fraction of sp³-hybridized carbons (Fsp3) is 1.00. The number of piperazine rings is 1. The molecule has 43 heavy (non-hydrogen) atoms. The smallest absolute Gasteiger partial charge is 0.0832 e. The molecular weight excluding hydrogens is 530 g/mol. The first-order chi connectivity index (χ1) is 19.8. The fourth-order valence-corrected chi connectivity index (χ4v) is 7.11. The van der Waals surface area contributed by atoms with Gasteiger partial charge in [0.2, 0.25) is 0 Å². The Morgan fingerprint density at radius 1 is 0.605 bits per heavy atom. The lowest BCUT2D eigenvalue weighted by Gasteiger charge is -2.42. The van der Waals surface area contributed by atoms with E-state index in [-0.39, 0.29) is 0 Å². The van der Waals surface area contributed by atoms with Gasteiger partial charge < -0.3 is 14.4 Å². The Morgan fingerprint density at radius 3 is 1.65 bits per heavy atom. The Labute approximate surface area is 270 Å². The number of ether oxygens (including phenoxy) is 2. The van der Waals surface area contributed by atoms with Crippen molar-refractivity contribution < 1.29 is 9.47 Å². The van der Waals surface area contributed by atoms with E-state index in [1.165, 1.54) is 52.1 Å². The average molecular weight is 608 g/mol. The Kier molecular flexibility index (Phi) is 16.0. The van der Waals surface area contributed by atoms with Crippen LogP contribution in [0.4, 0.5) is 0 Å². The van der Waals surface area contributed by atoms with E-state index in [0.29, 0.717) is 59.0 Å². The van der Waals surface area contributed by atoms with Crippen molar-refractivity contribution in [3.05, 3.63) is 0 Å². The molecule has 0 aromatic carbocycles. The van der Waals surface area contributed by atoms with Gasteiger partial charge in [-0.15, -0.1) is 0 Å². The monoisotopic (exact) mass is 608 g/mol. The number of hydrogen-bond acceptors (Lipinski definition) is 5. The molecule has 5 heteroatoms. The molecule has 2 saturated heterocycles. The second kappa shape index (κ2) is 17.6. The predicted octanol–water partition coefficient (Wildman–Crippen LogP) is 8.46. The van der Waals surface area contributed by atoms with Crippen LogP contribution >= 0.6 is 0 Å². The predicted molar refractivity (Wildman–Crippen MR) is 187 cm³/mol. The van der Waals surface area contributed by atoms with Crippen LogP contribution in [0.1, 0.15) is 129 Å². The lowest BCUT2D eigenvalue weighted by molar-refractivity contribution is -0.0955. The molecule has 0 saturated carbocycles. The van der Waals surface area contributed by atoms with Crippen molar-refractivity contribution in [2.75, 3.05) is 52.4 Å². The largest absolute Gasteiger partial charge is 0.376 e. The van der Waals surface area contributed by atoms with Crippen molar-refractivity contribution in [2.24, 2.45) is 34.5 Å². The van der Waals surface area contributed by atoms with E-state index in [1.54, 1.807) is 0 Å². The summed E-state index contributed by atoms with van der Waals surface area (Å²) in [5.41, 5.74) is 0.712. The average Bonchev–Trinajstić information content (AvgIpc) is 2.84. The van der Waals surface area contributed by atoms with Gasteiger partial charge in [0.1, 0.15) is 0 Å². The zero-order valence-corrected chi connectivity index (χ0v) is 31.5. The van der Waals surface area contributed by atoms with Crippen molar-refractivity contribution in [1.82, 2.24) is 14.7 Å². The van der Waals surface area contributed by atoms with E-state index >= 15 is 0 Å². The molecular formula is C38H77N3O2. The maximum atomic E-state index is 6.41. The van der Waals surface area contributed by atoms with Crippen molar-refractivity contribution >= 4 is 0 Å². The molecule has 2 aliphatic heterocycles. The third-order valence-electron chi connectivity index (χ3n) is 11.2. The van der Waals surface area contributed by atoms with Gasteiger partial charge in [0.05, 0.1) is 24.4 Å². The van der Waals surface area contributed by atoms with Crippen molar-refractivity contribution in [2.45, 2.75) is 159 Å². The third kappa shape index (κ3) is 14.8. The molecule has 2 rings (SSSR count). The molecule has 0 aliphatic carbocycles. The fourth-order valence-electron chi connectivity index (χ4n) is 7.11. The van der Waals surface area contributed by atoms with Gasteiger partial charge in [0.15, 0.2) is 0 Å². The summed E-state index contributed by atoms with van der Waals surface area (Å²) in [5.74, 6) is 2.80. The molecule has 0 amide bonds. The Hall–Kier alpha value is -0.200. The van der Waals surface area contributed by atoms with Crippen LogP contribution in [0.3, 0.4) is 0 Å². The summed E-state index contributed by atoms with van der Waals surface area (Å²) in [7, 11) is 0. The van der Waals surface area contributed by atoms with Gasteiger partial charge in [-0.3, -0.25) is 9.80 Å². The normalized spacial score (nSPS) is 24.1. The SMILES string of the molecule is CC(CCN1CC(OC(C)CC(C)C(C)(C)C)C1)CC(C)N1CCN(CC(C)CC(C)OC(C)CC(C)C(C)(C)C)CC1. The van der Waals surface area contributed by atoms with Gasteiger partial charge in [-0.1, -0.05) is 69.2 Å². The molecule has 8 unspecified atom stereocenters. The van der Waals surface area contributed by atoms with Gasteiger partial charge in [0, 0.05) is 51.9 Å². The molecule has 8 atom stereocenters. The molecule has 256 valence electrons. The highest BCUT2D eigenvalue weighted by molar-refractivity contribution is 4.84. The number of hydrogen-bond donors (Lipinski definition) is 0. The van der Waals surface area contributed by atoms with E-state index in [1.807, 2.05) is 0 Å². The maximum Gasteiger partial charge on any atom is 0.0832 e. The molecule has 2 fully saturated rings. The van der Waals surface area contributed by atoms with Crippen molar-refractivity contribution in [1.29, 1.82) is 0 Å². The van der Waals surface area contributed by atoms with Crippen molar-refractivity contribution in [3.8, 4) is 0 Å². The Morgan fingerprint density at radius 2 is 1.12 bits per heavy atom. The van der Waals surface area contributed by atoms with Gasteiger partial charge in [0.25, 0.3) is 0 Å². The molecule has 2 heterocycles. The molecule has 0 aromatic rings. The van der Waals surface area contributed by atoms with Gasteiger partial charge in [-0.2, -0.15) is 0 Å². The number of rotatable bonds is 18. The van der Waals surface area contributed by atoms with Gasteiger partial charge in [-0.05, 0) is 101 Å². The maximum absolute atomic E-state index is 6.41. The highest BCUT2D eigenvalue weighted by atomic mass is 16.5. The topological polar surface area (TPSA) is 28.2 Å². The molecule has 0 aromatic heterocycles.